The molecule has 6 nitrogen and oxygen atoms in total. The molecule has 1 saturated heterocycles. The van der Waals surface area contributed by atoms with E-state index in [1.165, 1.54) is 0 Å². The van der Waals surface area contributed by atoms with Crippen molar-refractivity contribution in [3.8, 4) is 0 Å². The van der Waals surface area contributed by atoms with Crippen LogP contribution in [0.2, 0.25) is 0 Å². The van der Waals surface area contributed by atoms with Crippen LogP contribution in [0.3, 0.4) is 0 Å². The number of carbonyl (C=O) groups is 2. The highest BCUT2D eigenvalue weighted by Crippen LogP contribution is 2.23. The number of urea groups is 1. The Morgan fingerprint density at radius 1 is 1.03 bits per heavy atom. The molecule has 1 unspecified atom stereocenters. The second-order valence-corrected chi connectivity index (χ2v) is 8.37. The number of hydrogen-bond acceptors (Lipinski definition) is 3. The minimum absolute atomic E-state index is 0.0173. The number of amides is 3. The summed E-state index contributed by atoms with van der Waals surface area (Å²) in [5.74, 6) is -0.0173. The molecule has 160 valence electrons. The molecule has 1 aliphatic rings. The number of hydrogen-bond donors (Lipinski definition) is 2. The third kappa shape index (κ3) is 5.83. The Labute approximate surface area is 186 Å². The summed E-state index contributed by atoms with van der Waals surface area (Å²) in [5.41, 5.74) is 3.06. The highest BCUT2D eigenvalue weighted by Gasteiger charge is 2.24. The van der Waals surface area contributed by atoms with Crippen molar-refractivity contribution < 1.29 is 9.59 Å². The van der Waals surface area contributed by atoms with Crippen LogP contribution in [-0.4, -0.2) is 54.5 Å². The van der Waals surface area contributed by atoms with Crippen LogP contribution >= 0.6 is 15.9 Å². The van der Waals surface area contributed by atoms with E-state index in [-0.39, 0.29) is 18.0 Å². The lowest BCUT2D eigenvalue weighted by Gasteiger charge is -2.35. The van der Waals surface area contributed by atoms with E-state index >= 15 is 0 Å². The van der Waals surface area contributed by atoms with Gasteiger partial charge >= 0.3 is 6.03 Å². The number of carbonyl (C=O) groups excluding carboxylic acids is 2. The molecule has 0 aliphatic carbocycles. The Morgan fingerprint density at radius 3 is 2.40 bits per heavy atom. The molecule has 7 heteroatoms. The van der Waals surface area contributed by atoms with E-state index in [4.69, 9.17) is 0 Å². The quantitative estimate of drug-likeness (QED) is 0.666. The number of rotatable bonds is 6. The Hall–Kier alpha value is -2.38. The van der Waals surface area contributed by atoms with Gasteiger partial charge in [0.25, 0.3) is 0 Å². The fraction of sp³-hybridized carbons (Fsp3) is 0.391. The molecule has 0 spiro atoms. The van der Waals surface area contributed by atoms with Gasteiger partial charge in [-0.05, 0) is 36.6 Å². The normalized spacial score (nSPS) is 15.5. The van der Waals surface area contributed by atoms with Gasteiger partial charge in [-0.25, -0.2) is 4.79 Å². The molecule has 2 N–H and O–H groups in total. The summed E-state index contributed by atoms with van der Waals surface area (Å²) in [6.07, 6.45) is 0.877. The van der Waals surface area contributed by atoms with E-state index in [2.05, 4.69) is 38.4 Å². The molecule has 3 rings (SSSR count). The second-order valence-electron chi connectivity index (χ2n) is 7.51. The summed E-state index contributed by atoms with van der Waals surface area (Å²) in [6, 6.07) is 15.6. The van der Waals surface area contributed by atoms with Gasteiger partial charge in [-0.15, -0.1) is 0 Å². The number of piperazine rings is 1. The van der Waals surface area contributed by atoms with E-state index in [0.717, 1.165) is 27.7 Å². The molecular formula is C23H29BrN4O2. The van der Waals surface area contributed by atoms with Crippen LogP contribution in [0.5, 0.6) is 0 Å². The van der Waals surface area contributed by atoms with E-state index in [9.17, 15) is 9.59 Å². The Morgan fingerprint density at radius 2 is 1.70 bits per heavy atom. The average molecular weight is 473 g/mol. The molecule has 1 fully saturated rings. The zero-order valence-electron chi connectivity index (χ0n) is 17.5. The Balaban J connectivity index is 1.45. The van der Waals surface area contributed by atoms with Crippen molar-refractivity contribution in [2.45, 2.75) is 26.3 Å². The predicted molar refractivity (Wildman–Crippen MR) is 124 cm³/mol. The van der Waals surface area contributed by atoms with Crippen LogP contribution in [0.1, 0.15) is 31.0 Å². The molecule has 2 aromatic rings. The van der Waals surface area contributed by atoms with Crippen LogP contribution in [0.4, 0.5) is 10.5 Å². The number of para-hydroxylation sites is 1. The molecule has 30 heavy (non-hydrogen) atoms. The van der Waals surface area contributed by atoms with Crippen LogP contribution in [0, 0.1) is 0 Å². The smallest absolute Gasteiger partial charge is 0.317 e. The maximum atomic E-state index is 12.6. The number of benzene rings is 2. The fourth-order valence-electron chi connectivity index (χ4n) is 3.63. The van der Waals surface area contributed by atoms with E-state index in [1.807, 2.05) is 60.4 Å². The maximum absolute atomic E-state index is 12.6. The topological polar surface area (TPSA) is 64.7 Å². The summed E-state index contributed by atoms with van der Waals surface area (Å²) < 4.78 is 0.985. The molecule has 1 atom stereocenters. The molecular weight excluding hydrogens is 444 g/mol. The molecule has 0 radical (unpaired) electrons. The van der Waals surface area contributed by atoms with Gasteiger partial charge in [-0.2, -0.15) is 0 Å². The summed E-state index contributed by atoms with van der Waals surface area (Å²) in [5, 5.41) is 6.08. The summed E-state index contributed by atoms with van der Waals surface area (Å²) >= 11 is 3.54. The maximum Gasteiger partial charge on any atom is 0.317 e. The van der Waals surface area contributed by atoms with E-state index in [0.29, 0.717) is 32.7 Å². The number of aryl methyl sites for hydroxylation is 1. The zero-order chi connectivity index (χ0) is 21.5. The Bertz CT molecular complexity index is 881. The second kappa shape index (κ2) is 10.6. The first kappa shape index (κ1) is 22.3. The largest absolute Gasteiger partial charge is 0.331 e. The van der Waals surface area contributed by atoms with E-state index < -0.39 is 0 Å². The molecule has 1 aliphatic heterocycles. The van der Waals surface area contributed by atoms with Crippen molar-refractivity contribution >= 4 is 33.6 Å². The fourth-order valence-corrected chi connectivity index (χ4v) is 4.26. The number of anilines is 1. The van der Waals surface area contributed by atoms with Crippen molar-refractivity contribution in [1.29, 1.82) is 0 Å². The molecule has 2 aromatic carbocycles. The molecule has 0 aromatic heterocycles. The lowest BCUT2D eigenvalue weighted by Crippen LogP contribution is -2.53. The number of nitrogens with one attached hydrogen (secondary N) is 2. The first-order valence-corrected chi connectivity index (χ1v) is 11.2. The molecule has 0 saturated carbocycles. The van der Waals surface area contributed by atoms with Gasteiger partial charge in [0.2, 0.25) is 5.91 Å². The molecule has 1 heterocycles. The summed E-state index contributed by atoms with van der Waals surface area (Å²) in [7, 11) is 0. The number of nitrogens with zero attached hydrogens (tertiary/aromatic N) is 2. The highest BCUT2D eigenvalue weighted by atomic mass is 79.9. The van der Waals surface area contributed by atoms with Gasteiger partial charge in [0.05, 0.1) is 12.6 Å². The van der Waals surface area contributed by atoms with Gasteiger partial charge in [0.1, 0.15) is 0 Å². The molecule has 3 amide bonds. The van der Waals surface area contributed by atoms with Gasteiger partial charge in [0, 0.05) is 36.3 Å². The minimum Gasteiger partial charge on any atom is -0.331 e. The van der Waals surface area contributed by atoms with Gasteiger partial charge < -0.3 is 15.5 Å². The third-order valence-corrected chi connectivity index (χ3v) is 6.13. The van der Waals surface area contributed by atoms with Crippen LogP contribution in [-0.2, 0) is 11.2 Å². The first-order valence-electron chi connectivity index (χ1n) is 10.4. The standard InChI is InChI=1S/C23H29BrN4O2/c1-3-18-8-4-7-11-21(18)26-22(29)16-27-12-14-28(15-13-27)23(30)25-17(2)19-9-5-6-10-20(19)24/h4-11,17H,3,12-16H2,1-2H3,(H,25,30)(H,26,29). The van der Waals surface area contributed by atoms with Gasteiger partial charge in [0.15, 0.2) is 0 Å². The van der Waals surface area contributed by atoms with E-state index in [1.54, 1.807) is 0 Å². The van der Waals surface area contributed by atoms with Gasteiger partial charge in [-0.1, -0.05) is 59.3 Å². The highest BCUT2D eigenvalue weighted by molar-refractivity contribution is 9.10. The van der Waals surface area contributed by atoms with Crippen LogP contribution < -0.4 is 10.6 Å². The monoisotopic (exact) mass is 472 g/mol. The lowest BCUT2D eigenvalue weighted by atomic mass is 10.1. The van der Waals surface area contributed by atoms with Crippen molar-refractivity contribution in [2.24, 2.45) is 0 Å². The van der Waals surface area contributed by atoms with Crippen molar-refractivity contribution in [1.82, 2.24) is 15.1 Å². The SMILES string of the molecule is CCc1ccccc1NC(=O)CN1CCN(C(=O)NC(C)c2ccccc2Br)CC1. The molecule has 0 bridgehead atoms. The predicted octanol–water partition coefficient (Wildman–Crippen LogP) is 4.04. The van der Waals surface area contributed by atoms with Crippen molar-refractivity contribution in [2.75, 3.05) is 38.0 Å². The summed E-state index contributed by atoms with van der Waals surface area (Å²) in [4.78, 5) is 29.0. The number of halogens is 1. The van der Waals surface area contributed by atoms with Crippen LogP contribution in [0.15, 0.2) is 53.0 Å². The Kier molecular flexibility index (Phi) is 7.87. The van der Waals surface area contributed by atoms with Crippen molar-refractivity contribution in [3.63, 3.8) is 0 Å². The zero-order valence-corrected chi connectivity index (χ0v) is 19.1. The van der Waals surface area contributed by atoms with Gasteiger partial charge in [-0.3, -0.25) is 9.69 Å². The first-order chi connectivity index (χ1) is 14.5. The minimum atomic E-state index is -0.0875. The third-order valence-electron chi connectivity index (χ3n) is 5.41. The average Bonchev–Trinajstić information content (AvgIpc) is 2.74. The summed E-state index contributed by atoms with van der Waals surface area (Å²) in [6.45, 7) is 6.96. The van der Waals surface area contributed by atoms with Crippen LogP contribution in [0.25, 0.3) is 0 Å². The van der Waals surface area contributed by atoms with Crippen molar-refractivity contribution in [3.05, 3.63) is 64.1 Å². The lowest BCUT2D eigenvalue weighted by molar-refractivity contribution is -0.117.